The Bertz CT molecular complexity index is 597. The van der Waals surface area contributed by atoms with Gasteiger partial charge in [-0.25, -0.2) is 4.99 Å². The Morgan fingerprint density at radius 3 is 2.32 bits per heavy atom. The van der Waals surface area contributed by atoms with E-state index >= 15 is 0 Å². The van der Waals surface area contributed by atoms with Crippen molar-refractivity contribution in [3.8, 4) is 17.2 Å². The van der Waals surface area contributed by atoms with Crippen molar-refractivity contribution in [1.29, 1.82) is 0 Å². The van der Waals surface area contributed by atoms with E-state index in [2.05, 4.69) is 34.7 Å². The smallest absolute Gasteiger partial charge is 0.203 e. The second-order valence-electron chi connectivity index (χ2n) is 5.47. The summed E-state index contributed by atoms with van der Waals surface area (Å²) in [5, 5.41) is 6.74. The molecule has 0 aromatic heterocycles. The topological polar surface area (TPSA) is 64.1 Å². The number of nitrogens with one attached hydrogen (secondary N) is 2. The van der Waals surface area contributed by atoms with Crippen LogP contribution in [0.5, 0.6) is 17.2 Å². The Morgan fingerprint density at radius 1 is 1.08 bits per heavy atom. The van der Waals surface area contributed by atoms with Crippen molar-refractivity contribution in [2.75, 3.05) is 27.9 Å². The predicted octanol–water partition coefficient (Wildman–Crippen LogP) is 3.10. The third-order valence-electron chi connectivity index (χ3n) is 3.89. The van der Waals surface area contributed by atoms with Gasteiger partial charge >= 0.3 is 0 Å². The van der Waals surface area contributed by atoms with Gasteiger partial charge in [0.15, 0.2) is 17.5 Å². The number of rotatable bonds is 7. The molecule has 0 heterocycles. The molecule has 0 saturated heterocycles. The van der Waals surface area contributed by atoms with Crippen LogP contribution >= 0.6 is 24.0 Å². The summed E-state index contributed by atoms with van der Waals surface area (Å²) in [6.45, 7) is 3.36. The fourth-order valence-corrected chi connectivity index (χ4v) is 2.70. The van der Waals surface area contributed by atoms with E-state index in [-0.39, 0.29) is 24.0 Å². The van der Waals surface area contributed by atoms with Gasteiger partial charge in [0.05, 0.1) is 27.9 Å². The molecule has 1 aromatic carbocycles. The van der Waals surface area contributed by atoms with Crippen molar-refractivity contribution >= 4 is 29.9 Å². The Morgan fingerprint density at radius 2 is 1.76 bits per heavy atom. The minimum Gasteiger partial charge on any atom is -0.493 e. The maximum Gasteiger partial charge on any atom is 0.203 e. The van der Waals surface area contributed by atoms with E-state index < -0.39 is 0 Å². The average Bonchev–Trinajstić information content (AvgIpc) is 3.11. The lowest BCUT2D eigenvalue weighted by atomic mass is 10.1. The maximum absolute atomic E-state index is 5.51. The average molecular weight is 461 g/mol. The van der Waals surface area contributed by atoms with Crippen LogP contribution in [0.3, 0.4) is 0 Å². The zero-order valence-corrected chi connectivity index (χ0v) is 17.6. The minimum absolute atomic E-state index is 0. The highest BCUT2D eigenvalue weighted by Crippen LogP contribution is 2.39. The van der Waals surface area contributed by atoms with E-state index in [1.54, 1.807) is 21.3 Å². The number of ether oxygens (including phenoxy) is 3. The van der Waals surface area contributed by atoms with Gasteiger partial charge in [0.2, 0.25) is 5.75 Å². The molecule has 0 aliphatic heterocycles. The molecule has 0 radical (unpaired) electrons. The van der Waals surface area contributed by atoms with Crippen molar-refractivity contribution in [3.05, 3.63) is 29.8 Å². The SMILES string of the molecule is CCNC(=NCc1ccc(OC)c(OC)c1OC)NC1CC=CC1.I. The monoisotopic (exact) mass is 461 g/mol. The highest BCUT2D eigenvalue weighted by molar-refractivity contribution is 14.0. The van der Waals surface area contributed by atoms with Crippen LogP contribution in [-0.2, 0) is 6.54 Å². The zero-order valence-electron chi connectivity index (χ0n) is 15.3. The molecule has 0 unspecified atom stereocenters. The van der Waals surface area contributed by atoms with Crippen LogP contribution in [0.1, 0.15) is 25.3 Å². The van der Waals surface area contributed by atoms with Crippen molar-refractivity contribution in [2.45, 2.75) is 32.4 Å². The van der Waals surface area contributed by atoms with E-state index in [9.17, 15) is 0 Å². The van der Waals surface area contributed by atoms with E-state index in [4.69, 9.17) is 14.2 Å². The molecule has 2 N–H and O–H groups in total. The summed E-state index contributed by atoms with van der Waals surface area (Å²) in [7, 11) is 4.84. The molecule has 0 spiro atoms. The van der Waals surface area contributed by atoms with E-state index in [1.807, 2.05) is 12.1 Å². The lowest BCUT2D eigenvalue weighted by Crippen LogP contribution is -2.42. The Hall–Kier alpha value is -1.64. The van der Waals surface area contributed by atoms with Crippen molar-refractivity contribution in [3.63, 3.8) is 0 Å². The fraction of sp³-hybridized carbons (Fsp3) is 0.500. The van der Waals surface area contributed by atoms with Crippen LogP contribution in [0.4, 0.5) is 0 Å². The molecule has 140 valence electrons. The lowest BCUT2D eigenvalue weighted by molar-refractivity contribution is 0.322. The number of nitrogens with zero attached hydrogens (tertiary/aromatic N) is 1. The van der Waals surface area contributed by atoms with Crippen LogP contribution in [0.2, 0.25) is 0 Å². The fourth-order valence-electron chi connectivity index (χ4n) is 2.70. The first-order chi connectivity index (χ1) is 11.7. The number of methoxy groups -OCH3 is 3. The molecule has 0 atom stereocenters. The van der Waals surface area contributed by atoms with Gasteiger partial charge in [0.1, 0.15) is 0 Å². The highest BCUT2D eigenvalue weighted by atomic mass is 127. The lowest BCUT2D eigenvalue weighted by Gasteiger charge is -2.18. The predicted molar refractivity (Wildman–Crippen MR) is 112 cm³/mol. The second kappa shape index (κ2) is 11.1. The highest BCUT2D eigenvalue weighted by Gasteiger charge is 2.16. The van der Waals surface area contributed by atoms with Crippen LogP contribution in [0, 0.1) is 0 Å². The summed E-state index contributed by atoms with van der Waals surface area (Å²) in [5.41, 5.74) is 0.942. The molecule has 7 heteroatoms. The Labute approximate surface area is 167 Å². The zero-order chi connectivity index (χ0) is 17.4. The number of halogens is 1. The van der Waals surface area contributed by atoms with Crippen LogP contribution in [-0.4, -0.2) is 39.9 Å². The third-order valence-corrected chi connectivity index (χ3v) is 3.89. The van der Waals surface area contributed by atoms with E-state index in [1.165, 1.54) is 0 Å². The molecule has 0 fully saturated rings. The molecule has 0 amide bonds. The summed E-state index contributed by atoms with van der Waals surface area (Å²) in [6, 6.07) is 4.23. The van der Waals surface area contributed by atoms with Crippen LogP contribution < -0.4 is 24.8 Å². The van der Waals surface area contributed by atoms with Crippen molar-refractivity contribution < 1.29 is 14.2 Å². The van der Waals surface area contributed by atoms with Crippen LogP contribution in [0.15, 0.2) is 29.3 Å². The molecule has 1 aliphatic rings. The summed E-state index contributed by atoms with van der Waals surface area (Å²) < 4.78 is 16.2. The van der Waals surface area contributed by atoms with Gasteiger partial charge in [0.25, 0.3) is 0 Å². The standard InChI is InChI=1S/C18H27N3O3.HI/c1-5-19-18(21-14-8-6-7-9-14)20-12-13-10-11-15(22-2)17(24-4)16(13)23-3;/h6-7,10-11,14H,5,8-9,12H2,1-4H3,(H2,19,20,21);1H. The molecular formula is C18H28IN3O3. The normalized spacial score (nSPS) is 14.0. The first kappa shape index (κ1) is 21.4. The number of aliphatic imine (C=N–C) groups is 1. The number of guanidine groups is 1. The summed E-state index contributed by atoms with van der Waals surface area (Å²) in [4.78, 5) is 4.68. The first-order valence-electron chi connectivity index (χ1n) is 8.21. The molecule has 1 aliphatic carbocycles. The largest absolute Gasteiger partial charge is 0.493 e. The Balaban J connectivity index is 0.00000312. The van der Waals surface area contributed by atoms with E-state index in [0.29, 0.717) is 29.8 Å². The number of hydrogen-bond donors (Lipinski definition) is 2. The summed E-state index contributed by atoms with van der Waals surface area (Å²) in [6.07, 6.45) is 6.45. The first-order valence-corrected chi connectivity index (χ1v) is 8.21. The maximum atomic E-state index is 5.51. The van der Waals surface area contributed by atoms with E-state index in [0.717, 1.165) is 30.9 Å². The Kier molecular flexibility index (Phi) is 9.48. The molecule has 2 rings (SSSR count). The van der Waals surface area contributed by atoms with Gasteiger partial charge in [-0.1, -0.05) is 12.2 Å². The van der Waals surface area contributed by atoms with Gasteiger partial charge in [0, 0.05) is 18.2 Å². The second-order valence-corrected chi connectivity index (χ2v) is 5.47. The molecule has 0 saturated carbocycles. The van der Waals surface area contributed by atoms with Crippen molar-refractivity contribution in [2.24, 2.45) is 4.99 Å². The third kappa shape index (κ3) is 5.69. The number of hydrogen-bond acceptors (Lipinski definition) is 4. The van der Waals surface area contributed by atoms with Crippen molar-refractivity contribution in [1.82, 2.24) is 10.6 Å². The van der Waals surface area contributed by atoms with Gasteiger partial charge in [-0.15, -0.1) is 24.0 Å². The molecule has 1 aromatic rings. The molecule has 6 nitrogen and oxygen atoms in total. The molecule has 25 heavy (non-hydrogen) atoms. The van der Waals surface area contributed by atoms with Crippen LogP contribution in [0.25, 0.3) is 0 Å². The minimum atomic E-state index is 0. The number of benzene rings is 1. The van der Waals surface area contributed by atoms with Gasteiger partial charge in [-0.05, 0) is 31.9 Å². The molecular weight excluding hydrogens is 433 g/mol. The summed E-state index contributed by atoms with van der Waals surface area (Å²) in [5.74, 6) is 2.69. The quantitative estimate of drug-likeness (QED) is 0.283. The van der Waals surface area contributed by atoms with Gasteiger partial charge < -0.3 is 24.8 Å². The van der Waals surface area contributed by atoms with Gasteiger partial charge in [-0.2, -0.15) is 0 Å². The van der Waals surface area contributed by atoms with Gasteiger partial charge in [-0.3, -0.25) is 0 Å². The molecule has 0 bridgehead atoms. The summed E-state index contributed by atoms with van der Waals surface area (Å²) >= 11 is 0.